The number of aliphatic carboxylic acids is 1. The molecule has 9 heteroatoms. The van der Waals surface area contributed by atoms with Crippen molar-refractivity contribution in [2.45, 2.75) is 36.0 Å². The molecule has 7 nitrogen and oxygen atoms in total. The van der Waals surface area contributed by atoms with Crippen LogP contribution >= 0.6 is 0 Å². The first-order chi connectivity index (χ1) is 10.2. The van der Waals surface area contributed by atoms with Crippen molar-refractivity contribution in [1.29, 1.82) is 0 Å². The Kier molecular flexibility index (Phi) is 6.51. The van der Waals surface area contributed by atoms with E-state index in [1.807, 2.05) is 0 Å². The first-order valence-corrected chi connectivity index (χ1v) is 9.87. The van der Waals surface area contributed by atoms with E-state index >= 15 is 0 Å². The molecule has 0 aliphatic carbocycles. The highest BCUT2D eigenvalue weighted by molar-refractivity contribution is 7.91. The Morgan fingerprint density at radius 3 is 2.14 bits per heavy atom. The maximum absolute atomic E-state index is 12.0. The first kappa shape index (κ1) is 18.6. The number of benzene rings is 1. The van der Waals surface area contributed by atoms with Crippen molar-refractivity contribution in [2.75, 3.05) is 12.3 Å². The van der Waals surface area contributed by atoms with E-state index in [1.54, 1.807) is 6.92 Å². The van der Waals surface area contributed by atoms with Crippen LogP contribution in [0.15, 0.2) is 34.1 Å². The van der Waals surface area contributed by atoms with Crippen LogP contribution in [0.2, 0.25) is 0 Å². The highest BCUT2D eigenvalue weighted by Gasteiger charge is 2.17. The molecule has 1 rings (SSSR count). The largest absolute Gasteiger partial charge is 0.481 e. The molecule has 0 unspecified atom stereocenters. The molecule has 0 spiro atoms. The topological polar surface area (TPSA) is 118 Å². The minimum atomic E-state index is -3.77. The maximum atomic E-state index is 12.0. The number of carbonyl (C=O) groups is 1. The van der Waals surface area contributed by atoms with Gasteiger partial charge in [0.15, 0.2) is 9.84 Å². The van der Waals surface area contributed by atoms with E-state index < -0.39 is 25.8 Å². The predicted molar refractivity (Wildman–Crippen MR) is 80.8 cm³/mol. The molecule has 2 N–H and O–H groups in total. The molecule has 0 aliphatic heterocycles. The van der Waals surface area contributed by atoms with Crippen molar-refractivity contribution in [3.8, 4) is 0 Å². The summed E-state index contributed by atoms with van der Waals surface area (Å²) in [6.07, 6.45) is 0.530. The molecule has 0 bridgehead atoms. The van der Waals surface area contributed by atoms with Crippen LogP contribution in [0.3, 0.4) is 0 Å². The fourth-order valence-corrected chi connectivity index (χ4v) is 4.14. The molecular weight excluding hydrogens is 330 g/mol. The van der Waals surface area contributed by atoms with Crippen molar-refractivity contribution in [2.24, 2.45) is 0 Å². The van der Waals surface area contributed by atoms with Gasteiger partial charge in [0.1, 0.15) is 0 Å². The second-order valence-electron chi connectivity index (χ2n) is 4.69. The fourth-order valence-electron chi connectivity index (χ4n) is 1.74. The van der Waals surface area contributed by atoms with Crippen molar-refractivity contribution in [3.63, 3.8) is 0 Å². The van der Waals surface area contributed by atoms with E-state index in [1.165, 1.54) is 24.3 Å². The summed E-state index contributed by atoms with van der Waals surface area (Å²) in [4.78, 5) is 10.4. The molecule has 0 aliphatic rings. The van der Waals surface area contributed by atoms with Crippen LogP contribution in [-0.4, -0.2) is 40.2 Å². The van der Waals surface area contributed by atoms with Gasteiger partial charge in [-0.25, -0.2) is 21.6 Å². The minimum Gasteiger partial charge on any atom is -0.481 e. The molecule has 1 aromatic carbocycles. The Bertz CT molecular complexity index is 707. The summed E-state index contributed by atoms with van der Waals surface area (Å²) in [6.45, 7) is 1.75. The third-order valence-corrected chi connectivity index (χ3v) is 6.24. The lowest BCUT2D eigenvalue weighted by atomic mass is 10.3. The van der Waals surface area contributed by atoms with Gasteiger partial charge in [-0.15, -0.1) is 0 Å². The molecule has 1 aromatic rings. The lowest BCUT2D eigenvalue weighted by molar-refractivity contribution is -0.137. The van der Waals surface area contributed by atoms with E-state index in [0.29, 0.717) is 6.42 Å². The summed E-state index contributed by atoms with van der Waals surface area (Å²) in [5, 5.41) is 8.48. The second kappa shape index (κ2) is 7.70. The monoisotopic (exact) mass is 349 g/mol. The predicted octanol–water partition coefficient (Wildman–Crippen LogP) is 1.01. The first-order valence-electron chi connectivity index (χ1n) is 6.73. The highest BCUT2D eigenvalue weighted by atomic mass is 32.2. The average molecular weight is 349 g/mol. The summed E-state index contributed by atoms with van der Waals surface area (Å²) in [5.74, 6) is -0.989. The molecule has 0 radical (unpaired) electrons. The second-order valence-corrected chi connectivity index (χ2v) is 8.56. The van der Waals surface area contributed by atoms with E-state index in [-0.39, 0.29) is 34.9 Å². The normalized spacial score (nSPS) is 12.2. The summed E-state index contributed by atoms with van der Waals surface area (Å²) < 4.78 is 49.9. The molecule has 0 atom stereocenters. The van der Waals surface area contributed by atoms with Gasteiger partial charge in [0.25, 0.3) is 0 Å². The van der Waals surface area contributed by atoms with Crippen molar-refractivity contribution in [3.05, 3.63) is 24.3 Å². The van der Waals surface area contributed by atoms with E-state index in [2.05, 4.69) is 4.72 Å². The molecule has 0 fully saturated rings. The van der Waals surface area contributed by atoms with Crippen molar-refractivity contribution < 1.29 is 26.7 Å². The third kappa shape index (κ3) is 5.39. The smallest absolute Gasteiger partial charge is 0.303 e. The molecule has 0 saturated carbocycles. The standard InChI is InChI=1S/C13H19NO6S2/c1-2-10-21(17,18)11-5-7-12(8-6-11)22(19,20)14-9-3-4-13(15)16/h5-8,14H,2-4,9-10H2,1H3,(H,15,16). The molecule has 0 aromatic heterocycles. The van der Waals surface area contributed by atoms with Crippen LogP contribution in [0.5, 0.6) is 0 Å². The van der Waals surface area contributed by atoms with Gasteiger partial charge >= 0.3 is 5.97 Å². The fraction of sp³-hybridized carbons (Fsp3) is 0.462. The van der Waals surface area contributed by atoms with Crippen LogP contribution in [0.1, 0.15) is 26.2 Å². The van der Waals surface area contributed by atoms with Crippen molar-refractivity contribution in [1.82, 2.24) is 4.72 Å². The Balaban J connectivity index is 2.79. The van der Waals surface area contributed by atoms with Crippen LogP contribution in [0.25, 0.3) is 0 Å². The maximum Gasteiger partial charge on any atom is 0.303 e. The van der Waals surface area contributed by atoms with Gasteiger partial charge in [-0.1, -0.05) is 6.92 Å². The zero-order chi connectivity index (χ0) is 16.8. The number of sulfone groups is 1. The number of rotatable bonds is 9. The van der Waals surface area contributed by atoms with Crippen LogP contribution in [-0.2, 0) is 24.7 Å². The Morgan fingerprint density at radius 2 is 1.64 bits per heavy atom. The zero-order valence-electron chi connectivity index (χ0n) is 12.1. The molecule has 0 saturated heterocycles. The third-order valence-electron chi connectivity index (χ3n) is 2.83. The minimum absolute atomic E-state index is 0.00448. The number of hydrogen-bond donors (Lipinski definition) is 2. The summed E-state index contributed by atoms with van der Waals surface area (Å²) in [5.41, 5.74) is 0. The van der Waals surface area contributed by atoms with E-state index in [0.717, 1.165) is 0 Å². The molecule has 124 valence electrons. The van der Waals surface area contributed by atoms with Crippen LogP contribution in [0, 0.1) is 0 Å². The highest BCUT2D eigenvalue weighted by Crippen LogP contribution is 2.16. The van der Waals surface area contributed by atoms with Gasteiger partial charge in [-0.3, -0.25) is 4.79 Å². The van der Waals surface area contributed by atoms with Crippen LogP contribution < -0.4 is 4.72 Å². The van der Waals surface area contributed by atoms with Gasteiger partial charge in [-0.05, 0) is 37.1 Å². The SMILES string of the molecule is CCCS(=O)(=O)c1ccc(S(=O)(=O)NCCCC(=O)O)cc1. The number of carboxylic acid groups (broad SMARTS) is 1. The Hall–Kier alpha value is -1.45. The van der Waals surface area contributed by atoms with Gasteiger partial charge in [0, 0.05) is 13.0 Å². The lowest BCUT2D eigenvalue weighted by Gasteiger charge is -2.07. The number of hydrogen-bond acceptors (Lipinski definition) is 5. The average Bonchev–Trinajstić information content (AvgIpc) is 2.43. The Labute approximate surface area is 130 Å². The molecule has 0 amide bonds. The van der Waals surface area contributed by atoms with E-state index in [4.69, 9.17) is 5.11 Å². The van der Waals surface area contributed by atoms with E-state index in [9.17, 15) is 21.6 Å². The zero-order valence-corrected chi connectivity index (χ0v) is 13.8. The number of sulfonamides is 1. The molecule has 22 heavy (non-hydrogen) atoms. The van der Waals surface area contributed by atoms with Crippen molar-refractivity contribution >= 4 is 25.8 Å². The lowest BCUT2D eigenvalue weighted by Crippen LogP contribution is -2.25. The van der Waals surface area contributed by atoms with Gasteiger partial charge in [0.2, 0.25) is 10.0 Å². The molecule has 0 heterocycles. The quantitative estimate of drug-likeness (QED) is 0.643. The molecular formula is C13H19NO6S2. The van der Waals surface area contributed by atoms with Gasteiger partial charge < -0.3 is 5.11 Å². The van der Waals surface area contributed by atoms with Gasteiger partial charge in [-0.2, -0.15) is 0 Å². The van der Waals surface area contributed by atoms with Gasteiger partial charge in [0.05, 0.1) is 15.5 Å². The van der Waals surface area contributed by atoms with Crippen LogP contribution in [0.4, 0.5) is 0 Å². The summed E-state index contributed by atoms with van der Waals surface area (Å²) >= 11 is 0. The summed E-state index contributed by atoms with van der Waals surface area (Å²) in [6, 6.07) is 4.97. The summed E-state index contributed by atoms with van der Waals surface area (Å²) in [7, 11) is -7.15. The Morgan fingerprint density at radius 1 is 1.09 bits per heavy atom. The number of carboxylic acids is 1. The number of nitrogens with one attached hydrogen (secondary N) is 1.